The first-order chi connectivity index (χ1) is 15.3. The van der Waals surface area contributed by atoms with Crippen LogP contribution in [0.3, 0.4) is 0 Å². The molecule has 32 heavy (non-hydrogen) atoms. The summed E-state index contributed by atoms with van der Waals surface area (Å²) < 4.78 is 38.9. The van der Waals surface area contributed by atoms with Crippen LogP contribution >= 0.6 is 11.6 Å². The van der Waals surface area contributed by atoms with Gasteiger partial charge in [-0.2, -0.15) is 0 Å². The van der Waals surface area contributed by atoms with E-state index in [2.05, 4.69) is 10.0 Å². The van der Waals surface area contributed by atoms with Crippen molar-refractivity contribution in [1.82, 2.24) is 0 Å². The van der Waals surface area contributed by atoms with Gasteiger partial charge < -0.3 is 14.8 Å². The van der Waals surface area contributed by atoms with Gasteiger partial charge in [0.15, 0.2) is 6.61 Å². The van der Waals surface area contributed by atoms with E-state index in [-0.39, 0.29) is 17.4 Å². The lowest BCUT2D eigenvalue weighted by molar-refractivity contribution is -0.118. The maximum atomic E-state index is 12.7. The zero-order valence-electron chi connectivity index (χ0n) is 17.6. The number of aryl methyl sites for hydroxylation is 1. The van der Waals surface area contributed by atoms with Gasteiger partial charge >= 0.3 is 0 Å². The second kappa shape index (κ2) is 10.4. The van der Waals surface area contributed by atoms with Crippen molar-refractivity contribution in [2.45, 2.75) is 18.7 Å². The first kappa shape index (κ1) is 23.4. The molecule has 7 nitrogen and oxygen atoms in total. The van der Waals surface area contributed by atoms with Gasteiger partial charge in [-0.3, -0.25) is 9.52 Å². The fourth-order valence-electron chi connectivity index (χ4n) is 2.84. The summed E-state index contributed by atoms with van der Waals surface area (Å²) in [4.78, 5) is 12.2. The van der Waals surface area contributed by atoms with Crippen LogP contribution < -0.4 is 19.5 Å². The summed E-state index contributed by atoms with van der Waals surface area (Å²) in [5, 5.41) is 3.09. The maximum Gasteiger partial charge on any atom is 0.262 e. The Morgan fingerprint density at radius 1 is 1.00 bits per heavy atom. The van der Waals surface area contributed by atoms with Crippen LogP contribution in [-0.4, -0.2) is 27.5 Å². The molecule has 0 aliphatic heterocycles. The molecule has 3 aromatic carbocycles. The maximum absolute atomic E-state index is 12.7. The number of amides is 1. The number of para-hydroxylation sites is 1. The first-order valence-corrected chi connectivity index (χ1v) is 11.7. The summed E-state index contributed by atoms with van der Waals surface area (Å²) >= 11 is 6.03. The van der Waals surface area contributed by atoms with Crippen LogP contribution in [0, 0.1) is 6.92 Å². The highest BCUT2D eigenvalue weighted by Gasteiger charge is 2.16. The highest BCUT2D eigenvalue weighted by atomic mass is 35.5. The van der Waals surface area contributed by atoms with Gasteiger partial charge in [-0.05, 0) is 74.0 Å². The monoisotopic (exact) mass is 474 g/mol. The van der Waals surface area contributed by atoms with Crippen molar-refractivity contribution in [3.8, 4) is 11.5 Å². The molecule has 0 fully saturated rings. The van der Waals surface area contributed by atoms with Gasteiger partial charge in [0.2, 0.25) is 0 Å². The number of carbonyl (C=O) groups is 1. The smallest absolute Gasteiger partial charge is 0.262 e. The number of benzene rings is 3. The summed E-state index contributed by atoms with van der Waals surface area (Å²) in [7, 11) is -3.79. The topological polar surface area (TPSA) is 93.7 Å². The van der Waals surface area contributed by atoms with E-state index in [1.54, 1.807) is 55.5 Å². The van der Waals surface area contributed by atoms with E-state index < -0.39 is 10.0 Å². The van der Waals surface area contributed by atoms with E-state index in [9.17, 15) is 13.2 Å². The molecule has 0 spiro atoms. The Bertz CT molecular complexity index is 1200. The van der Waals surface area contributed by atoms with Crippen molar-refractivity contribution in [3.63, 3.8) is 0 Å². The van der Waals surface area contributed by atoms with Crippen molar-refractivity contribution in [2.75, 3.05) is 23.3 Å². The number of nitrogens with one attached hydrogen (secondary N) is 2. The number of carbonyl (C=O) groups excluding carboxylic acids is 1. The molecule has 0 saturated carbocycles. The van der Waals surface area contributed by atoms with Crippen molar-refractivity contribution in [1.29, 1.82) is 0 Å². The Morgan fingerprint density at radius 2 is 1.72 bits per heavy atom. The molecule has 0 aliphatic carbocycles. The molecule has 0 heterocycles. The molecule has 1 amide bonds. The minimum atomic E-state index is -3.79. The van der Waals surface area contributed by atoms with Gasteiger partial charge in [0.05, 0.1) is 22.2 Å². The molecule has 168 valence electrons. The average molecular weight is 475 g/mol. The van der Waals surface area contributed by atoms with E-state index in [1.807, 2.05) is 6.92 Å². The Hall–Kier alpha value is -3.23. The van der Waals surface area contributed by atoms with Crippen LogP contribution in [0.15, 0.2) is 71.6 Å². The number of hydrogen-bond acceptors (Lipinski definition) is 5. The van der Waals surface area contributed by atoms with E-state index >= 15 is 0 Å². The fourth-order valence-corrected chi connectivity index (χ4v) is 4.17. The molecule has 3 aromatic rings. The molecule has 0 atom stereocenters. The molecule has 9 heteroatoms. The van der Waals surface area contributed by atoms with Crippen molar-refractivity contribution in [3.05, 3.63) is 77.3 Å². The van der Waals surface area contributed by atoms with E-state index in [0.29, 0.717) is 40.1 Å². The molecular weight excluding hydrogens is 452 g/mol. The van der Waals surface area contributed by atoms with Gasteiger partial charge in [-0.15, -0.1) is 0 Å². The van der Waals surface area contributed by atoms with Crippen LogP contribution in [-0.2, 0) is 14.8 Å². The second-order valence-corrected chi connectivity index (χ2v) is 8.90. The van der Waals surface area contributed by atoms with Crippen LogP contribution in [0.2, 0.25) is 5.02 Å². The summed E-state index contributed by atoms with van der Waals surface area (Å²) in [6.07, 6.45) is 0. The number of sulfonamides is 1. The lowest BCUT2D eigenvalue weighted by Crippen LogP contribution is -2.20. The molecular formula is C23H23ClN2O5S. The SMILES string of the molecule is CCOc1ccc(NS(=O)(=O)c2ccc(OCC(=O)Nc3ccccc3Cl)c(C)c2)cc1. The van der Waals surface area contributed by atoms with Crippen molar-refractivity contribution in [2.24, 2.45) is 0 Å². The molecule has 0 radical (unpaired) electrons. The van der Waals surface area contributed by atoms with Gasteiger partial charge in [0.25, 0.3) is 15.9 Å². The van der Waals surface area contributed by atoms with Crippen LogP contribution in [0.1, 0.15) is 12.5 Å². The lowest BCUT2D eigenvalue weighted by atomic mass is 10.2. The number of halogens is 1. The third-order valence-corrected chi connectivity index (χ3v) is 6.09. The molecule has 0 aromatic heterocycles. The minimum Gasteiger partial charge on any atom is -0.494 e. The minimum absolute atomic E-state index is 0.0803. The second-order valence-electron chi connectivity index (χ2n) is 6.81. The predicted molar refractivity (Wildman–Crippen MR) is 125 cm³/mol. The summed E-state index contributed by atoms with van der Waals surface area (Å²) in [6, 6.07) is 17.9. The van der Waals surface area contributed by atoms with Gasteiger partial charge in [0.1, 0.15) is 11.5 Å². The largest absolute Gasteiger partial charge is 0.494 e. The Labute approximate surface area is 192 Å². The highest BCUT2D eigenvalue weighted by Crippen LogP contribution is 2.25. The standard InChI is InChI=1S/C23H23ClN2O5S/c1-3-30-18-10-8-17(9-11-18)26-32(28,29)19-12-13-22(16(2)14-19)31-15-23(27)25-21-7-5-4-6-20(21)24/h4-14,26H,3,15H2,1-2H3,(H,25,27). The number of anilines is 2. The van der Waals surface area contributed by atoms with Crippen molar-refractivity contribution >= 4 is 38.9 Å². The molecule has 3 rings (SSSR count). The number of rotatable bonds is 9. The Kier molecular flexibility index (Phi) is 7.61. The zero-order chi connectivity index (χ0) is 23.1. The van der Waals surface area contributed by atoms with E-state index in [1.165, 1.54) is 18.2 Å². The molecule has 0 bridgehead atoms. The average Bonchev–Trinajstić information content (AvgIpc) is 2.76. The zero-order valence-corrected chi connectivity index (χ0v) is 19.2. The number of ether oxygens (including phenoxy) is 2. The predicted octanol–water partition coefficient (Wildman–Crippen LogP) is 4.87. The first-order valence-electron chi connectivity index (χ1n) is 9.82. The van der Waals surface area contributed by atoms with Gasteiger partial charge in [-0.1, -0.05) is 23.7 Å². The van der Waals surface area contributed by atoms with Gasteiger partial charge in [-0.25, -0.2) is 8.42 Å². The fraction of sp³-hybridized carbons (Fsp3) is 0.174. The molecule has 0 aliphatic rings. The highest BCUT2D eigenvalue weighted by molar-refractivity contribution is 7.92. The molecule has 0 saturated heterocycles. The third kappa shape index (κ3) is 6.15. The Balaban J connectivity index is 1.63. The van der Waals surface area contributed by atoms with E-state index in [4.69, 9.17) is 21.1 Å². The summed E-state index contributed by atoms with van der Waals surface area (Å²) in [5.74, 6) is 0.678. The van der Waals surface area contributed by atoms with Gasteiger partial charge in [0, 0.05) is 5.69 Å². The molecule has 2 N–H and O–H groups in total. The third-order valence-electron chi connectivity index (χ3n) is 4.38. The quantitative estimate of drug-likeness (QED) is 0.461. The summed E-state index contributed by atoms with van der Waals surface area (Å²) in [6.45, 7) is 3.86. The van der Waals surface area contributed by atoms with Crippen molar-refractivity contribution < 1.29 is 22.7 Å². The van der Waals surface area contributed by atoms with Crippen LogP contribution in [0.25, 0.3) is 0 Å². The van der Waals surface area contributed by atoms with Crippen LogP contribution in [0.5, 0.6) is 11.5 Å². The normalized spacial score (nSPS) is 11.0. The number of hydrogen-bond donors (Lipinski definition) is 2. The lowest BCUT2D eigenvalue weighted by Gasteiger charge is -2.13. The Morgan fingerprint density at radius 3 is 2.38 bits per heavy atom. The molecule has 0 unspecified atom stereocenters. The van der Waals surface area contributed by atoms with Crippen LogP contribution in [0.4, 0.5) is 11.4 Å². The van der Waals surface area contributed by atoms with E-state index in [0.717, 1.165) is 0 Å². The summed E-state index contributed by atoms with van der Waals surface area (Å²) in [5.41, 5.74) is 1.48.